The van der Waals surface area contributed by atoms with Crippen LogP contribution in [-0.2, 0) is 0 Å². The summed E-state index contributed by atoms with van der Waals surface area (Å²) < 4.78 is 0. The molecular weight excluding hydrogens is 100 g/mol. The number of nitrogens with one attached hydrogen (secondary N) is 1. The molecule has 0 unspecified atom stereocenters. The molecule has 0 aliphatic carbocycles. The van der Waals surface area contributed by atoms with Gasteiger partial charge in [0.25, 0.3) is 0 Å². The Labute approximate surface area is 49.3 Å². The van der Waals surface area contributed by atoms with E-state index in [-0.39, 0.29) is 0 Å². The molecule has 0 saturated heterocycles. The molecule has 2 heteroatoms. The maximum Gasteiger partial charge on any atom is 0.100 e. The van der Waals surface area contributed by atoms with Gasteiger partial charge in [0.05, 0.1) is 0 Å². The topological polar surface area (TPSA) is 24.4 Å². The van der Waals surface area contributed by atoms with Crippen LogP contribution in [0.25, 0.3) is 0 Å². The molecule has 1 aliphatic heterocycles. The van der Waals surface area contributed by atoms with Crippen molar-refractivity contribution in [2.24, 2.45) is 4.99 Å². The van der Waals surface area contributed by atoms with Crippen LogP contribution in [0.2, 0.25) is 0 Å². The Balaban J connectivity index is 2.33. The number of rotatable bonds is 1. The van der Waals surface area contributed by atoms with E-state index < -0.39 is 0 Å². The van der Waals surface area contributed by atoms with Crippen LogP contribution in [0.5, 0.6) is 0 Å². The molecule has 8 heavy (non-hydrogen) atoms. The Bertz CT molecular complexity index is 116. The van der Waals surface area contributed by atoms with Gasteiger partial charge >= 0.3 is 0 Å². The molecule has 0 amide bonds. The van der Waals surface area contributed by atoms with Crippen molar-refractivity contribution in [2.45, 2.75) is 12.8 Å². The summed E-state index contributed by atoms with van der Waals surface area (Å²) in [6, 6.07) is 0. The third-order valence-corrected chi connectivity index (χ3v) is 1.14. The first-order chi connectivity index (χ1) is 3.93. The van der Waals surface area contributed by atoms with Gasteiger partial charge in [-0.25, -0.2) is 0 Å². The standard InChI is InChI=1S/C6H10N2/c1-2-7-6-4-3-5-8-6/h2H,1,3-5H2,(H,7,8). The fourth-order valence-corrected chi connectivity index (χ4v) is 0.775. The molecule has 0 spiro atoms. The van der Waals surface area contributed by atoms with E-state index in [9.17, 15) is 0 Å². The molecule has 0 bridgehead atoms. The second-order valence-corrected chi connectivity index (χ2v) is 1.78. The van der Waals surface area contributed by atoms with Crippen LogP contribution in [0.15, 0.2) is 17.8 Å². The highest BCUT2D eigenvalue weighted by Gasteiger charge is 2.01. The number of aliphatic imine (C=N–C) groups is 1. The maximum absolute atomic E-state index is 4.16. The van der Waals surface area contributed by atoms with Crippen molar-refractivity contribution < 1.29 is 0 Å². The van der Waals surface area contributed by atoms with Crippen molar-refractivity contribution in [1.82, 2.24) is 5.32 Å². The number of nitrogens with zero attached hydrogens (tertiary/aromatic N) is 1. The Kier molecular flexibility index (Phi) is 1.67. The van der Waals surface area contributed by atoms with E-state index in [1.807, 2.05) is 0 Å². The van der Waals surface area contributed by atoms with E-state index in [0.29, 0.717) is 0 Å². The van der Waals surface area contributed by atoms with Crippen molar-refractivity contribution in [3.8, 4) is 0 Å². The van der Waals surface area contributed by atoms with Crippen LogP contribution in [0.4, 0.5) is 0 Å². The quantitative estimate of drug-likeness (QED) is 0.533. The molecule has 0 aromatic rings. The lowest BCUT2D eigenvalue weighted by molar-refractivity contribution is 0.947. The van der Waals surface area contributed by atoms with Gasteiger partial charge < -0.3 is 5.32 Å². The summed E-state index contributed by atoms with van der Waals surface area (Å²) in [6.07, 6.45) is 3.95. The second kappa shape index (κ2) is 2.50. The van der Waals surface area contributed by atoms with E-state index in [2.05, 4.69) is 16.9 Å². The summed E-state index contributed by atoms with van der Waals surface area (Å²) in [7, 11) is 0. The zero-order chi connectivity index (χ0) is 5.82. The van der Waals surface area contributed by atoms with Crippen LogP contribution in [-0.4, -0.2) is 12.4 Å². The summed E-state index contributed by atoms with van der Waals surface area (Å²) in [5.41, 5.74) is 0. The van der Waals surface area contributed by atoms with E-state index >= 15 is 0 Å². The van der Waals surface area contributed by atoms with Crippen LogP contribution >= 0.6 is 0 Å². The first-order valence-electron chi connectivity index (χ1n) is 2.84. The summed E-state index contributed by atoms with van der Waals surface area (Å²) in [5.74, 6) is 1.08. The zero-order valence-electron chi connectivity index (χ0n) is 4.85. The van der Waals surface area contributed by atoms with Gasteiger partial charge in [-0.05, 0) is 12.6 Å². The van der Waals surface area contributed by atoms with Crippen LogP contribution in [0, 0.1) is 0 Å². The van der Waals surface area contributed by atoms with Crippen molar-refractivity contribution in [3.05, 3.63) is 12.8 Å². The minimum Gasteiger partial charge on any atom is -0.351 e. The van der Waals surface area contributed by atoms with Crippen molar-refractivity contribution >= 4 is 5.84 Å². The minimum atomic E-state index is 0.982. The maximum atomic E-state index is 4.16. The van der Waals surface area contributed by atoms with E-state index in [4.69, 9.17) is 0 Å². The fraction of sp³-hybridized carbons (Fsp3) is 0.500. The summed E-state index contributed by atoms with van der Waals surface area (Å²) >= 11 is 0. The van der Waals surface area contributed by atoms with Gasteiger partial charge in [-0.1, -0.05) is 6.58 Å². The average Bonchev–Trinajstić information content (AvgIpc) is 2.19. The molecular formula is C6H10N2. The SMILES string of the molecule is C=CNC1=NCCC1. The smallest absolute Gasteiger partial charge is 0.100 e. The lowest BCUT2D eigenvalue weighted by Gasteiger charge is -1.93. The van der Waals surface area contributed by atoms with Gasteiger partial charge in [-0.3, -0.25) is 4.99 Å². The Morgan fingerprint density at radius 2 is 2.62 bits per heavy atom. The van der Waals surface area contributed by atoms with Gasteiger partial charge in [0.15, 0.2) is 0 Å². The van der Waals surface area contributed by atoms with Crippen LogP contribution in [0.1, 0.15) is 12.8 Å². The van der Waals surface area contributed by atoms with E-state index in [1.54, 1.807) is 6.20 Å². The molecule has 1 rings (SSSR count). The molecule has 2 nitrogen and oxygen atoms in total. The Hall–Kier alpha value is -0.790. The van der Waals surface area contributed by atoms with E-state index in [0.717, 1.165) is 18.8 Å². The van der Waals surface area contributed by atoms with Gasteiger partial charge in [0.2, 0.25) is 0 Å². The highest BCUT2D eigenvalue weighted by atomic mass is 15.0. The Morgan fingerprint density at radius 1 is 1.75 bits per heavy atom. The van der Waals surface area contributed by atoms with Crippen LogP contribution in [0.3, 0.4) is 0 Å². The number of hydrogen-bond donors (Lipinski definition) is 1. The molecule has 0 saturated carbocycles. The summed E-state index contributed by atoms with van der Waals surface area (Å²) in [5, 5.41) is 2.96. The van der Waals surface area contributed by atoms with Gasteiger partial charge in [0.1, 0.15) is 5.84 Å². The summed E-state index contributed by atoms with van der Waals surface area (Å²) in [4.78, 5) is 4.16. The lowest BCUT2D eigenvalue weighted by atomic mass is 10.3. The number of amidine groups is 1. The minimum absolute atomic E-state index is 0.982. The molecule has 1 heterocycles. The van der Waals surface area contributed by atoms with Crippen molar-refractivity contribution in [3.63, 3.8) is 0 Å². The predicted molar refractivity (Wildman–Crippen MR) is 34.9 cm³/mol. The van der Waals surface area contributed by atoms with Gasteiger partial charge in [0, 0.05) is 13.0 Å². The number of hydrogen-bond acceptors (Lipinski definition) is 2. The molecule has 44 valence electrons. The van der Waals surface area contributed by atoms with Crippen molar-refractivity contribution in [1.29, 1.82) is 0 Å². The third kappa shape index (κ3) is 1.09. The van der Waals surface area contributed by atoms with Gasteiger partial charge in [-0.15, -0.1) is 0 Å². The lowest BCUT2D eigenvalue weighted by Crippen LogP contribution is -2.12. The van der Waals surface area contributed by atoms with E-state index in [1.165, 1.54) is 6.42 Å². The van der Waals surface area contributed by atoms with Crippen LogP contribution < -0.4 is 5.32 Å². The summed E-state index contributed by atoms with van der Waals surface area (Å²) in [6.45, 7) is 4.51. The first kappa shape index (κ1) is 5.35. The predicted octanol–water partition coefficient (Wildman–Crippen LogP) is 0.912. The second-order valence-electron chi connectivity index (χ2n) is 1.78. The molecule has 0 radical (unpaired) electrons. The zero-order valence-corrected chi connectivity index (χ0v) is 4.85. The van der Waals surface area contributed by atoms with Crippen molar-refractivity contribution in [2.75, 3.05) is 6.54 Å². The molecule has 1 aliphatic rings. The molecule has 0 aromatic heterocycles. The molecule has 0 fully saturated rings. The highest BCUT2D eigenvalue weighted by molar-refractivity contribution is 5.84. The molecule has 1 N–H and O–H groups in total. The average molecular weight is 110 g/mol. The Morgan fingerprint density at radius 3 is 3.12 bits per heavy atom. The molecule has 0 aromatic carbocycles. The highest BCUT2D eigenvalue weighted by Crippen LogP contribution is 1.99. The monoisotopic (exact) mass is 110 g/mol. The van der Waals surface area contributed by atoms with Gasteiger partial charge in [-0.2, -0.15) is 0 Å². The first-order valence-corrected chi connectivity index (χ1v) is 2.84. The molecule has 0 atom stereocenters. The fourth-order valence-electron chi connectivity index (χ4n) is 0.775. The third-order valence-electron chi connectivity index (χ3n) is 1.14. The largest absolute Gasteiger partial charge is 0.351 e. The normalized spacial score (nSPS) is 17.8.